The van der Waals surface area contributed by atoms with Gasteiger partial charge in [-0.05, 0) is 37.5 Å². The van der Waals surface area contributed by atoms with Crippen LogP contribution in [-0.2, 0) is 4.79 Å². The summed E-state index contributed by atoms with van der Waals surface area (Å²) in [4.78, 5) is 11.3. The Labute approximate surface area is 95.4 Å². The maximum absolute atomic E-state index is 11.3. The standard InChI is InChI=1S/C13H16O3/c1-8(14)10-7-11(10)12-6-9(15-2)4-5-13(12)16-3/h4-6,10-11H,7H2,1-3H3/t10-,11+/m1/s1. The van der Waals surface area contributed by atoms with Crippen LogP contribution in [0.3, 0.4) is 0 Å². The summed E-state index contributed by atoms with van der Waals surface area (Å²) in [6.45, 7) is 1.65. The van der Waals surface area contributed by atoms with Crippen LogP contribution in [0.15, 0.2) is 18.2 Å². The third kappa shape index (κ3) is 1.90. The van der Waals surface area contributed by atoms with Crippen LogP contribution < -0.4 is 9.47 Å². The van der Waals surface area contributed by atoms with Crippen LogP contribution in [0.2, 0.25) is 0 Å². The molecule has 1 aromatic rings. The van der Waals surface area contributed by atoms with Gasteiger partial charge >= 0.3 is 0 Å². The number of Topliss-reactive ketones (excluding diaryl/α,β-unsaturated/α-hetero) is 1. The van der Waals surface area contributed by atoms with Gasteiger partial charge in [-0.15, -0.1) is 0 Å². The highest BCUT2D eigenvalue weighted by atomic mass is 16.5. The van der Waals surface area contributed by atoms with Gasteiger partial charge in [-0.2, -0.15) is 0 Å². The number of ether oxygens (including phenoxy) is 2. The zero-order chi connectivity index (χ0) is 11.7. The Hall–Kier alpha value is -1.51. The summed E-state index contributed by atoms with van der Waals surface area (Å²) in [6, 6.07) is 5.73. The molecule has 0 spiro atoms. The zero-order valence-electron chi connectivity index (χ0n) is 9.82. The summed E-state index contributed by atoms with van der Waals surface area (Å²) in [5, 5.41) is 0. The topological polar surface area (TPSA) is 35.5 Å². The monoisotopic (exact) mass is 220 g/mol. The lowest BCUT2D eigenvalue weighted by Crippen LogP contribution is -1.97. The number of ketones is 1. The minimum atomic E-state index is 0.168. The van der Waals surface area contributed by atoms with Crippen molar-refractivity contribution >= 4 is 5.78 Å². The van der Waals surface area contributed by atoms with E-state index in [0.717, 1.165) is 23.5 Å². The summed E-state index contributed by atoms with van der Waals surface area (Å²) in [5.74, 6) is 2.39. The van der Waals surface area contributed by atoms with E-state index >= 15 is 0 Å². The summed E-state index contributed by atoms with van der Waals surface area (Å²) >= 11 is 0. The van der Waals surface area contributed by atoms with Gasteiger partial charge in [0.25, 0.3) is 0 Å². The van der Waals surface area contributed by atoms with Crippen molar-refractivity contribution in [2.24, 2.45) is 5.92 Å². The van der Waals surface area contributed by atoms with Crippen molar-refractivity contribution in [1.29, 1.82) is 0 Å². The minimum Gasteiger partial charge on any atom is -0.497 e. The number of hydrogen-bond donors (Lipinski definition) is 0. The van der Waals surface area contributed by atoms with Gasteiger partial charge in [-0.3, -0.25) is 4.79 Å². The first-order valence-electron chi connectivity index (χ1n) is 5.39. The van der Waals surface area contributed by atoms with E-state index in [2.05, 4.69) is 0 Å². The van der Waals surface area contributed by atoms with Gasteiger partial charge in [0.05, 0.1) is 14.2 Å². The molecule has 1 aliphatic rings. The van der Waals surface area contributed by atoms with E-state index in [9.17, 15) is 4.79 Å². The molecule has 3 nitrogen and oxygen atoms in total. The Morgan fingerprint density at radius 3 is 2.56 bits per heavy atom. The molecule has 0 aromatic heterocycles. The van der Waals surface area contributed by atoms with E-state index < -0.39 is 0 Å². The molecule has 1 fully saturated rings. The van der Waals surface area contributed by atoms with Crippen molar-refractivity contribution in [2.75, 3.05) is 14.2 Å². The van der Waals surface area contributed by atoms with Crippen molar-refractivity contribution in [3.8, 4) is 11.5 Å². The fourth-order valence-corrected chi connectivity index (χ4v) is 2.12. The second-order valence-corrected chi connectivity index (χ2v) is 4.17. The van der Waals surface area contributed by atoms with Gasteiger partial charge in [0.1, 0.15) is 17.3 Å². The summed E-state index contributed by atoms with van der Waals surface area (Å²) in [7, 11) is 3.29. The molecule has 2 atom stereocenters. The lowest BCUT2D eigenvalue weighted by Gasteiger charge is -2.09. The molecule has 86 valence electrons. The van der Waals surface area contributed by atoms with E-state index in [-0.39, 0.29) is 11.7 Å². The van der Waals surface area contributed by atoms with Gasteiger partial charge in [0.15, 0.2) is 0 Å². The molecule has 1 saturated carbocycles. The number of methoxy groups -OCH3 is 2. The highest BCUT2D eigenvalue weighted by molar-refractivity contribution is 5.82. The third-order valence-corrected chi connectivity index (χ3v) is 3.15. The van der Waals surface area contributed by atoms with E-state index in [1.54, 1.807) is 21.1 Å². The maximum atomic E-state index is 11.3. The molecular weight excluding hydrogens is 204 g/mol. The molecule has 1 aliphatic carbocycles. The second-order valence-electron chi connectivity index (χ2n) is 4.17. The van der Waals surface area contributed by atoms with Crippen LogP contribution in [0.4, 0.5) is 0 Å². The Morgan fingerprint density at radius 2 is 2.06 bits per heavy atom. The lowest BCUT2D eigenvalue weighted by molar-refractivity contribution is -0.118. The van der Waals surface area contributed by atoms with E-state index in [4.69, 9.17) is 9.47 Å². The molecule has 0 radical (unpaired) electrons. The molecule has 0 bridgehead atoms. The van der Waals surface area contributed by atoms with Crippen molar-refractivity contribution < 1.29 is 14.3 Å². The first kappa shape index (κ1) is 11.0. The summed E-state index contributed by atoms with van der Waals surface area (Å²) in [6.07, 6.45) is 0.929. The highest BCUT2D eigenvalue weighted by Crippen LogP contribution is 2.51. The Morgan fingerprint density at radius 1 is 1.31 bits per heavy atom. The number of rotatable bonds is 4. The second kappa shape index (κ2) is 4.16. The lowest BCUT2D eigenvalue weighted by atomic mass is 10.1. The van der Waals surface area contributed by atoms with Crippen molar-refractivity contribution in [3.05, 3.63) is 23.8 Å². The number of hydrogen-bond acceptors (Lipinski definition) is 3. The first-order valence-corrected chi connectivity index (χ1v) is 5.39. The molecule has 0 saturated heterocycles. The van der Waals surface area contributed by atoms with Crippen LogP contribution in [-0.4, -0.2) is 20.0 Å². The van der Waals surface area contributed by atoms with Crippen LogP contribution in [0, 0.1) is 5.92 Å². The van der Waals surface area contributed by atoms with Crippen LogP contribution in [0.25, 0.3) is 0 Å². The molecule has 2 rings (SSSR count). The average molecular weight is 220 g/mol. The van der Waals surface area contributed by atoms with E-state index in [0.29, 0.717) is 5.92 Å². The smallest absolute Gasteiger partial charge is 0.133 e. The van der Waals surface area contributed by atoms with Crippen molar-refractivity contribution in [2.45, 2.75) is 19.3 Å². The Balaban J connectivity index is 2.28. The van der Waals surface area contributed by atoms with Crippen LogP contribution >= 0.6 is 0 Å². The zero-order valence-corrected chi connectivity index (χ0v) is 9.82. The Bertz CT molecular complexity index is 412. The summed E-state index contributed by atoms with van der Waals surface area (Å²) in [5.41, 5.74) is 1.09. The van der Waals surface area contributed by atoms with E-state index in [1.165, 1.54) is 0 Å². The molecule has 16 heavy (non-hydrogen) atoms. The van der Waals surface area contributed by atoms with Crippen molar-refractivity contribution in [3.63, 3.8) is 0 Å². The third-order valence-electron chi connectivity index (χ3n) is 3.15. The van der Waals surface area contributed by atoms with Crippen molar-refractivity contribution in [1.82, 2.24) is 0 Å². The average Bonchev–Trinajstić information content (AvgIpc) is 3.08. The number of benzene rings is 1. The van der Waals surface area contributed by atoms with E-state index in [1.807, 2.05) is 18.2 Å². The molecule has 0 N–H and O–H groups in total. The Kier molecular flexibility index (Phi) is 2.86. The highest BCUT2D eigenvalue weighted by Gasteiger charge is 2.43. The summed E-state index contributed by atoms with van der Waals surface area (Å²) < 4.78 is 10.5. The number of carbonyl (C=O) groups excluding carboxylic acids is 1. The fourth-order valence-electron chi connectivity index (χ4n) is 2.12. The molecular formula is C13H16O3. The van der Waals surface area contributed by atoms with Gasteiger partial charge < -0.3 is 9.47 Å². The van der Waals surface area contributed by atoms with Gasteiger partial charge in [0, 0.05) is 11.5 Å². The molecule has 0 amide bonds. The molecule has 0 unspecified atom stereocenters. The molecule has 0 heterocycles. The minimum absolute atomic E-state index is 0.168. The first-order chi connectivity index (χ1) is 7.67. The predicted molar refractivity (Wildman–Crippen MR) is 61.1 cm³/mol. The fraction of sp³-hybridized carbons (Fsp3) is 0.462. The molecule has 1 aromatic carbocycles. The van der Waals surface area contributed by atoms with Gasteiger partial charge in [0.2, 0.25) is 0 Å². The largest absolute Gasteiger partial charge is 0.497 e. The maximum Gasteiger partial charge on any atom is 0.133 e. The predicted octanol–water partition coefficient (Wildman–Crippen LogP) is 2.40. The van der Waals surface area contributed by atoms with Gasteiger partial charge in [-0.1, -0.05) is 0 Å². The number of carbonyl (C=O) groups is 1. The van der Waals surface area contributed by atoms with Crippen LogP contribution in [0.5, 0.6) is 11.5 Å². The van der Waals surface area contributed by atoms with Gasteiger partial charge in [-0.25, -0.2) is 0 Å². The quantitative estimate of drug-likeness (QED) is 0.781. The molecule has 3 heteroatoms. The van der Waals surface area contributed by atoms with Crippen LogP contribution in [0.1, 0.15) is 24.8 Å². The molecule has 0 aliphatic heterocycles. The SMILES string of the molecule is COc1ccc(OC)c([C@H]2C[C@@H]2C(C)=O)c1. The normalized spacial score (nSPS) is 22.7.